The summed E-state index contributed by atoms with van der Waals surface area (Å²) >= 11 is 6.69. The predicted octanol–water partition coefficient (Wildman–Crippen LogP) is 4.82. The average molecular weight is 537 g/mol. The number of nitrogens with two attached hydrogens (primary N) is 1. The Bertz CT molecular complexity index is 1270. The maximum atomic E-state index is 13.5. The minimum Gasteiger partial charge on any atom is -0.378 e. The van der Waals surface area contributed by atoms with Gasteiger partial charge in [-0.25, -0.2) is 4.99 Å². The van der Waals surface area contributed by atoms with Gasteiger partial charge in [0.05, 0.1) is 29.2 Å². The molecule has 3 heterocycles. The van der Waals surface area contributed by atoms with Gasteiger partial charge >= 0.3 is 6.18 Å². The van der Waals surface area contributed by atoms with Crippen LogP contribution < -0.4 is 5.73 Å². The van der Waals surface area contributed by atoms with Crippen molar-refractivity contribution in [3.63, 3.8) is 0 Å². The van der Waals surface area contributed by atoms with E-state index >= 15 is 0 Å². The van der Waals surface area contributed by atoms with Crippen molar-refractivity contribution in [1.82, 2.24) is 9.88 Å². The number of hydrogen-bond acceptors (Lipinski definition) is 6. The Morgan fingerprint density at radius 1 is 1.32 bits per heavy atom. The number of benzene rings is 1. The van der Waals surface area contributed by atoms with E-state index in [9.17, 15) is 22.8 Å². The number of amides is 1. The maximum Gasteiger partial charge on any atom is 0.417 e. The van der Waals surface area contributed by atoms with Gasteiger partial charge in [0.25, 0.3) is 0 Å². The summed E-state index contributed by atoms with van der Waals surface area (Å²) in [5.74, 6) is -0.881. The molecular weight excluding hydrogens is 509 g/mol. The van der Waals surface area contributed by atoms with E-state index in [1.54, 1.807) is 25.1 Å². The third-order valence-electron chi connectivity index (χ3n) is 6.93. The molecule has 1 aromatic carbocycles. The number of guanidine groups is 1. The molecule has 3 atom stereocenters. The van der Waals surface area contributed by atoms with Gasteiger partial charge in [-0.3, -0.25) is 19.5 Å². The van der Waals surface area contributed by atoms with Gasteiger partial charge in [-0.15, -0.1) is 0 Å². The summed E-state index contributed by atoms with van der Waals surface area (Å²) in [5.41, 5.74) is 4.42. The van der Waals surface area contributed by atoms with Crippen LogP contribution >= 0.6 is 11.6 Å². The molecule has 1 fully saturated rings. The fraction of sp³-hybridized carbons (Fsp3) is 0.462. The number of ether oxygens (including phenoxy) is 1. The number of pyridine rings is 1. The Hall–Kier alpha value is -2.98. The highest BCUT2D eigenvalue weighted by Crippen LogP contribution is 2.40. The van der Waals surface area contributed by atoms with E-state index in [-0.39, 0.29) is 47.6 Å². The Kier molecular flexibility index (Phi) is 7.36. The van der Waals surface area contributed by atoms with Crippen molar-refractivity contribution in [3.8, 4) is 0 Å². The molecule has 1 aromatic heterocycles. The molecule has 2 aliphatic rings. The number of aliphatic imine (C=N–C) groups is 1. The van der Waals surface area contributed by atoms with Crippen LogP contribution in [0.1, 0.15) is 65.9 Å². The normalized spacial score (nSPS) is 24.7. The van der Waals surface area contributed by atoms with Crippen LogP contribution in [0, 0.1) is 6.92 Å². The van der Waals surface area contributed by atoms with Crippen molar-refractivity contribution in [3.05, 3.63) is 63.4 Å². The summed E-state index contributed by atoms with van der Waals surface area (Å²) < 4.78 is 46.2. The number of nitrogens with zero attached hydrogens (tertiary/aromatic N) is 3. The molecule has 2 aromatic rings. The molecule has 1 saturated heterocycles. The molecule has 11 heteroatoms. The largest absolute Gasteiger partial charge is 0.417 e. The standard InChI is InChI=1S/C26H28ClF3N4O3/c1-14-11-17(8-10-37-14)34-21(36)13-25(3,33-24(34)31)19-6-4-5-16(23(19)27)12-20(35)22-15(2)32-9-7-18(22)26(28,29)30/h4-7,9,14,17H,8,10-13H2,1-3H3,(H2,31,33)/t14-,17-,25+/m1/s1. The number of hydrogen-bond donors (Lipinski definition) is 1. The van der Waals surface area contributed by atoms with Crippen LogP contribution in [0.2, 0.25) is 5.02 Å². The van der Waals surface area contributed by atoms with Crippen molar-refractivity contribution in [2.75, 3.05) is 6.61 Å². The van der Waals surface area contributed by atoms with Gasteiger partial charge in [0.15, 0.2) is 11.7 Å². The Balaban J connectivity index is 1.65. The third-order valence-corrected chi connectivity index (χ3v) is 7.38. The van der Waals surface area contributed by atoms with Gasteiger partial charge in [-0.05, 0) is 50.8 Å². The van der Waals surface area contributed by atoms with Crippen molar-refractivity contribution >= 4 is 29.3 Å². The highest BCUT2D eigenvalue weighted by Gasteiger charge is 2.42. The van der Waals surface area contributed by atoms with Gasteiger partial charge in [0.1, 0.15) is 0 Å². The van der Waals surface area contributed by atoms with Crippen LogP contribution in [0.25, 0.3) is 0 Å². The molecule has 0 radical (unpaired) electrons. The van der Waals surface area contributed by atoms with Crippen LogP contribution in [0.4, 0.5) is 13.2 Å². The lowest BCUT2D eigenvalue weighted by atomic mass is 9.85. The molecule has 2 aliphatic heterocycles. The van der Waals surface area contributed by atoms with Crippen LogP contribution in [0.15, 0.2) is 35.5 Å². The molecular formula is C26H28ClF3N4O3. The van der Waals surface area contributed by atoms with Crippen molar-refractivity contribution < 1.29 is 27.5 Å². The summed E-state index contributed by atoms with van der Waals surface area (Å²) in [5, 5.41) is 0.158. The minimum atomic E-state index is -4.71. The van der Waals surface area contributed by atoms with Crippen LogP contribution in [-0.4, -0.2) is 46.3 Å². The number of Topliss-reactive ketones (excluding diaryl/α,β-unsaturated/α-hetero) is 1. The van der Waals surface area contributed by atoms with Crippen molar-refractivity contribution in [2.24, 2.45) is 10.7 Å². The quantitative estimate of drug-likeness (QED) is 0.553. The predicted molar refractivity (Wildman–Crippen MR) is 132 cm³/mol. The fourth-order valence-corrected chi connectivity index (χ4v) is 5.55. The van der Waals surface area contributed by atoms with Crippen LogP contribution in [0.5, 0.6) is 0 Å². The number of carbonyl (C=O) groups is 2. The Labute approximate surface area is 217 Å². The van der Waals surface area contributed by atoms with E-state index in [2.05, 4.69) is 9.98 Å². The molecule has 0 bridgehead atoms. The zero-order valence-corrected chi connectivity index (χ0v) is 21.5. The van der Waals surface area contributed by atoms with Crippen LogP contribution in [0.3, 0.4) is 0 Å². The summed E-state index contributed by atoms with van der Waals surface area (Å²) in [4.78, 5) is 36.3. The number of alkyl halides is 3. The third kappa shape index (κ3) is 5.36. The van der Waals surface area contributed by atoms with Gasteiger partial charge < -0.3 is 10.5 Å². The van der Waals surface area contributed by atoms with Gasteiger partial charge in [0, 0.05) is 36.0 Å². The van der Waals surface area contributed by atoms with E-state index < -0.39 is 28.6 Å². The van der Waals surface area contributed by atoms with E-state index in [1.807, 2.05) is 6.92 Å². The number of aryl methyl sites for hydroxylation is 1. The highest BCUT2D eigenvalue weighted by atomic mass is 35.5. The van der Waals surface area contributed by atoms with Gasteiger partial charge in [-0.1, -0.05) is 29.8 Å². The molecule has 2 N–H and O–H groups in total. The smallest absolute Gasteiger partial charge is 0.378 e. The summed E-state index contributed by atoms with van der Waals surface area (Å²) in [7, 11) is 0. The first-order valence-corrected chi connectivity index (χ1v) is 12.3. The Morgan fingerprint density at radius 3 is 2.70 bits per heavy atom. The van der Waals surface area contributed by atoms with Gasteiger partial charge in [-0.2, -0.15) is 13.2 Å². The minimum absolute atomic E-state index is 0.00219. The lowest BCUT2D eigenvalue weighted by Crippen LogP contribution is -2.56. The molecule has 0 saturated carbocycles. The lowest BCUT2D eigenvalue weighted by Gasteiger charge is -2.41. The first-order chi connectivity index (χ1) is 17.3. The Morgan fingerprint density at radius 2 is 2.05 bits per heavy atom. The molecule has 0 aliphatic carbocycles. The SMILES string of the molecule is Cc1nccc(C(F)(F)F)c1C(=O)Cc1cccc([C@]2(C)CC(=O)N([C@@H]3CCO[C@H](C)C3)C(N)=N2)c1Cl. The average Bonchev–Trinajstić information content (AvgIpc) is 2.79. The second kappa shape index (κ2) is 10.1. The number of halogens is 4. The molecule has 198 valence electrons. The number of carbonyl (C=O) groups excluding carboxylic acids is 2. The zero-order valence-electron chi connectivity index (χ0n) is 20.7. The topological polar surface area (TPSA) is 97.9 Å². The first-order valence-electron chi connectivity index (χ1n) is 11.9. The number of ketones is 1. The summed E-state index contributed by atoms with van der Waals surface area (Å²) in [6.45, 7) is 5.54. The lowest BCUT2D eigenvalue weighted by molar-refractivity contribution is -0.138. The second-order valence-electron chi connectivity index (χ2n) is 9.74. The molecule has 1 amide bonds. The first kappa shape index (κ1) is 27.1. The zero-order chi connectivity index (χ0) is 27.1. The number of aromatic nitrogens is 1. The second-order valence-corrected chi connectivity index (χ2v) is 10.1. The van der Waals surface area contributed by atoms with Crippen LogP contribution in [-0.2, 0) is 27.7 Å². The van der Waals surface area contributed by atoms with E-state index in [0.29, 0.717) is 30.6 Å². The molecule has 0 spiro atoms. The number of rotatable bonds is 5. The van der Waals surface area contributed by atoms with E-state index in [0.717, 1.165) is 12.3 Å². The van der Waals surface area contributed by atoms with Crippen molar-refractivity contribution in [2.45, 2.75) is 70.3 Å². The monoisotopic (exact) mass is 536 g/mol. The maximum absolute atomic E-state index is 13.5. The molecule has 7 nitrogen and oxygen atoms in total. The molecule has 4 rings (SSSR count). The van der Waals surface area contributed by atoms with Gasteiger partial charge in [0.2, 0.25) is 5.91 Å². The summed E-state index contributed by atoms with van der Waals surface area (Å²) in [6, 6.07) is 5.56. The van der Waals surface area contributed by atoms with Crippen molar-refractivity contribution in [1.29, 1.82) is 0 Å². The fourth-order valence-electron chi connectivity index (χ4n) is 5.16. The highest BCUT2D eigenvalue weighted by molar-refractivity contribution is 6.32. The van der Waals surface area contributed by atoms with E-state index in [1.165, 1.54) is 11.8 Å². The van der Waals surface area contributed by atoms with E-state index in [4.69, 9.17) is 22.1 Å². The summed E-state index contributed by atoms with van der Waals surface area (Å²) in [6.07, 6.45) is -2.78. The molecule has 0 unspecified atom stereocenters. The molecule has 37 heavy (non-hydrogen) atoms.